The van der Waals surface area contributed by atoms with E-state index in [1.54, 1.807) is 0 Å². The molecule has 0 spiro atoms. The van der Waals surface area contributed by atoms with Crippen molar-refractivity contribution in [2.24, 2.45) is 5.92 Å². The second-order valence-corrected chi connectivity index (χ2v) is 6.16. The lowest BCUT2D eigenvalue weighted by atomic mass is 9.91. The zero-order valence-electron chi connectivity index (χ0n) is 12.5. The van der Waals surface area contributed by atoms with Gasteiger partial charge in [-0.25, -0.2) is 0 Å². The third-order valence-corrected chi connectivity index (χ3v) is 4.19. The lowest BCUT2D eigenvalue weighted by Gasteiger charge is -2.41. The molecule has 1 rings (SSSR count). The third-order valence-electron chi connectivity index (χ3n) is 4.19. The van der Waals surface area contributed by atoms with Gasteiger partial charge in [-0.1, -0.05) is 13.8 Å². The molecule has 0 aromatic heterocycles. The summed E-state index contributed by atoms with van der Waals surface area (Å²) in [7, 11) is 0. The molecule has 0 aliphatic carbocycles. The number of hydrogen-bond donors (Lipinski definition) is 1. The van der Waals surface area contributed by atoms with Crippen LogP contribution in [0.1, 0.15) is 60.3 Å². The van der Waals surface area contributed by atoms with Crippen molar-refractivity contribution in [1.29, 1.82) is 0 Å². The highest BCUT2D eigenvalue weighted by Gasteiger charge is 2.26. The van der Waals surface area contributed by atoms with E-state index in [-0.39, 0.29) is 0 Å². The Kier molecular flexibility index (Phi) is 6.50. The van der Waals surface area contributed by atoms with Gasteiger partial charge >= 0.3 is 0 Å². The minimum absolute atomic E-state index is 0.650. The zero-order chi connectivity index (χ0) is 12.8. The monoisotopic (exact) mass is 240 g/mol. The van der Waals surface area contributed by atoms with Gasteiger partial charge in [0, 0.05) is 18.1 Å². The molecule has 1 heterocycles. The van der Waals surface area contributed by atoms with Crippen LogP contribution in [0.25, 0.3) is 0 Å². The van der Waals surface area contributed by atoms with Gasteiger partial charge in [0.1, 0.15) is 0 Å². The lowest BCUT2D eigenvalue weighted by Crippen LogP contribution is -2.47. The summed E-state index contributed by atoms with van der Waals surface area (Å²) in [5.41, 5.74) is 0. The molecule has 1 saturated heterocycles. The average Bonchev–Trinajstić information content (AvgIpc) is 2.26. The van der Waals surface area contributed by atoms with E-state index in [4.69, 9.17) is 0 Å². The topological polar surface area (TPSA) is 15.3 Å². The second kappa shape index (κ2) is 7.38. The van der Waals surface area contributed by atoms with Crippen LogP contribution in [0.4, 0.5) is 0 Å². The highest BCUT2D eigenvalue weighted by Crippen LogP contribution is 2.25. The smallest absolute Gasteiger partial charge is 0.00844 e. The maximum absolute atomic E-state index is 3.60. The predicted molar refractivity (Wildman–Crippen MR) is 76.4 cm³/mol. The summed E-state index contributed by atoms with van der Waals surface area (Å²) < 4.78 is 0. The van der Waals surface area contributed by atoms with Crippen molar-refractivity contribution in [3.05, 3.63) is 0 Å². The Morgan fingerprint density at radius 3 is 2.59 bits per heavy atom. The normalized spacial score (nSPS) is 30.2. The summed E-state index contributed by atoms with van der Waals surface area (Å²) >= 11 is 0. The van der Waals surface area contributed by atoms with Gasteiger partial charge in [-0.3, -0.25) is 4.90 Å². The highest BCUT2D eigenvalue weighted by atomic mass is 15.2. The van der Waals surface area contributed by atoms with E-state index in [0.29, 0.717) is 6.04 Å². The van der Waals surface area contributed by atoms with Crippen LogP contribution < -0.4 is 5.32 Å². The molecule has 17 heavy (non-hydrogen) atoms. The number of hydrogen-bond acceptors (Lipinski definition) is 2. The molecule has 1 fully saturated rings. The van der Waals surface area contributed by atoms with E-state index in [1.807, 2.05) is 0 Å². The summed E-state index contributed by atoms with van der Waals surface area (Å²) in [6.45, 7) is 14.2. The Hall–Kier alpha value is -0.0800. The van der Waals surface area contributed by atoms with Crippen LogP contribution in [-0.4, -0.2) is 36.1 Å². The first kappa shape index (κ1) is 15.0. The van der Waals surface area contributed by atoms with Crippen molar-refractivity contribution in [3.8, 4) is 0 Å². The predicted octanol–water partition coefficient (Wildman–Crippen LogP) is 3.27. The molecular weight excluding hydrogens is 208 g/mol. The van der Waals surface area contributed by atoms with Crippen molar-refractivity contribution in [2.75, 3.05) is 13.1 Å². The summed E-state index contributed by atoms with van der Waals surface area (Å²) in [5.74, 6) is 0.920. The molecule has 0 saturated carbocycles. The SMILES string of the molecule is CCCNC(C)CC(C)N1CCC(C)CC1C. The maximum Gasteiger partial charge on any atom is 0.00844 e. The van der Waals surface area contributed by atoms with Gasteiger partial charge in [0.15, 0.2) is 0 Å². The molecule has 1 aliphatic rings. The van der Waals surface area contributed by atoms with Crippen LogP contribution in [0.15, 0.2) is 0 Å². The molecule has 2 heteroatoms. The van der Waals surface area contributed by atoms with Gasteiger partial charge in [-0.15, -0.1) is 0 Å². The van der Waals surface area contributed by atoms with Gasteiger partial charge < -0.3 is 5.32 Å². The quantitative estimate of drug-likeness (QED) is 0.766. The van der Waals surface area contributed by atoms with E-state index in [1.165, 1.54) is 32.2 Å². The molecule has 1 N–H and O–H groups in total. The molecular formula is C15H32N2. The minimum Gasteiger partial charge on any atom is -0.314 e. The Morgan fingerprint density at radius 1 is 1.29 bits per heavy atom. The largest absolute Gasteiger partial charge is 0.314 e. The van der Waals surface area contributed by atoms with Crippen LogP contribution in [0, 0.1) is 5.92 Å². The van der Waals surface area contributed by atoms with Crippen molar-refractivity contribution >= 4 is 0 Å². The van der Waals surface area contributed by atoms with Crippen molar-refractivity contribution in [1.82, 2.24) is 10.2 Å². The molecule has 0 aromatic rings. The van der Waals surface area contributed by atoms with E-state index < -0.39 is 0 Å². The van der Waals surface area contributed by atoms with E-state index in [0.717, 1.165) is 24.5 Å². The second-order valence-electron chi connectivity index (χ2n) is 6.16. The van der Waals surface area contributed by atoms with Gasteiger partial charge in [-0.2, -0.15) is 0 Å². The van der Waals surface area contributed by atoms with Gasteiger partial charge in [0.25, 0.3) is 0 Å². The third kappa shape index (κ3) is 4.97. The molecule has 0 radical (unpaired) electrons. The zero-order valence-corrected chi connectivity index (χ0v) is 12.5. The summed E-state index contributed by atoms with van der Waals surface area (Å²) in [5, 5.41) is 3.60. The molecule has 0 aromatic carbocycles. The van der Waals surface area contributed by atoms with Crippen LogP contribution in [-0.2, 0) is 0 Å². The molecule has 4 atom stereocenters. The van der Waals surface area contributed by atoms with E-state index >= 15 is 0 Å². The fourth-order valence-electron chi connectivity index (χ4n) is 3.20. The standard InChI is InChI=1S/C15H32N2/c1-6-8-16-13(3)11-15(5)17-9-7-12(2)10-14(17)4/h12-16H,6-11H2,1-5H3. The van der Waals surface area contributed by atoms with Crippen LogP contribution in [0.2, 0.25) is 0 Å². The first-order valence-electron chi connectivity index (χ1n) is 7.53. The highest BCUT2D eigenvalue weighted by molar-refractivity contribution is 4.82. The number of nitrogens with zero attached hydrogens (tertiary/aromatic N) is 1. The van der Waals surface area contributed by atoms with Gasteiger partial charge in [0.2, 0.25) is 0 Å². The fraction of sp³-hybridized carbons (Fsp3) is 1.00. The molecule has 4 unspecified atom stereocenters. The lowest BCUT2D eigenvalue weighted by molar-refractivity contribution is 0.0810. The Bertz CT molecular complexity index is 205. The Balaban J connectivity index is 2.33. The fourth-order valence-corrected chi connectivity index (χ4v) is 3.20. The van der Waals surface area contributed by atoms with Crippen molar-refractivity contribution in [3.63, 3.8) is 0 Å². The number of piperidine rings is 1. The van der Waals surface area contributed by atoms with E-state index in [2.05, 4.69) is 44.8 Å². The van der Waals surface area contributed by atoms with Crippen molar-refractivity contribution < 1.29 is 0 Å². The maximum atomic E-state index is 3.60. The first-order chi connectivity index (χ1) is 8.04. The first-order valence-corrected chi connectivity index (χ1v) is 7.53. The van der Waals surface area contributed by atoms with E-state index in [9.17, 15) is 0 Å². The average molecular weight is 240 g/mol. The van der Waals surface area contributed by atoms with Crippen LogP contribution in [0.5, 0.6) is 0 Å². The number of nitrogens with one attached hydrogen (secondary N) is 1. The molecule has 1 aliphatic heterocycles. The van der Waals surface area contributed by atoms with Crippen LogP contribution in [0.3, 0.4) is 0 Å². The van der Waals surface area contributed by atoms with Crippen LogP contribution >= 0.6 is 0 Å². The summed E-state index contributed by atoms with van der Waals surface area (Å²) in [6, 6.07) is 2.14. The Labute approximate surface area is 108 Å². The molecule has 0 amide bonds. The molecule has 102 valence electrons. The molecule has 2 nitrogen and oxygen atoms in total. The summed E-state index contributed by atoms with van der Waals surface area (Å²) in [6.07, 6.45) is 5.27. The van der Waals surface area contributed by atoms with Gasteiger partial charge in [0.05, 0.1) is 0 Å². The van der Waals surface area contributed by atoms with Gasteiger partial charge in [-0.05, 0) is 65.5 Å². The minimum atomic E-state index is 0.650. The Morgan fingerprint density at radius 2 is 2.00 bits per heavy atom. The summed E-state index contributed by atoms with van der Waals surface area (Å²) in [4.78, 5) is 2.71. The van der Waals surface area contributed by atoms with Crippen molar-refractivity contribution in [2.45, 2.75) is 78.4 Å². The molecule has 0 bridgehead atoms. The number of rotatable bonds is 6. The number of likely N-dealkylation sites (tertiary alicyclic amines) is 1.